The lowest BCUT2D eigenvalue weighted by Crippen LogP contribution is -2.47. The van der Waals surface area contributed by atoms with E-state index < -0.39 is 40.9 Å². The first-order chi connectivity index (χ1) is 17.5. The number of aliphatic carboxylic acids is 2. The van der Waals surface area contributed by atoms with E-state index in [1.807, 2.05) is 0 Å². The van der Waals surface area contributed by atoms with E-state index in [4.69, 9.17) is 19.8 Å². The van der Waals surface area contributed by atoms with Gasteiger partial charge in [-0.3, -0.25) is 10.0 Å². The molecular weight excluding hydrogens is 499 g/mol. The molecule has 4 rings (SSSR count). The molecule has 0 amide bonds. The van der Waals surface area contributed by atoms with Gasteiger partial charge in [-0.05, 0) is 17.7 Å². The number of carboxylic acid groups (broad SMARTS) is 2. The number of halogens is 3. The van der Waals surface area contributed by atoms with Crippen LogP contribution in [0.1, 0.15) is 24.1 Å². The summed E-state index contributed by atoms with van der Waals surface area (Å²) < 4.78 is 43.2. The van der Waals surface area contributed by atoms with Gasteiger partial charge in [-0.2, -0.15) is 0 Å². The summed E-state index contributed by atoms with van der Waals surface area (Å²) in [5.41, 5.74) is 0.983. The number of carbonyl (C=O) groups is 2. The number of aliphatic imine (C=N–C) groups is 1. The molecule has 1 aromatic carbocycles. The van der Waals surface area contributed by atoms with Crippen molar-refractivity contribution in [2.45, 2.75) is 18.4 Å². The van der Waals surface area contributed by atoms with E-state index in [1.165, 1.54) is 23.7 Å². The van der Waals surface area contributed by atoms with Crippen LogP contribution in [0.4, 0.5) is 13.2 Å². The van der Waals surface area contributed by atoms with Crippen LogP contribution in [0, 0.1) is 17.5 Å². The van der Waals surface area contributed by atoms with Gasteiger partial charge in [0.25, 0.3) is 0 Å². The third-order valence-corrected chi connectivity index (χ3v) is 5.37. The molecule has 194 valence electrons. The van der Waals surface area contributed by atoms with Gasteiger partial charge in [-0.1, -0.05) is 13.0 Å². The fourth-order valence-corrected chi connectivity index (χ4v) is 3.59. The lowest BCUT2D eigenvalue weighted by atomic mass is 9.77. The molecule has 0 bridgehead atoms. The number of nitrogens with one attached hydrogen (secondary N) is 1. The van der Waals surface area contributed by atoms with Crippen LogP contribution < -0.4 is 5.43 Å². The summed E-state index contributed by atoms with van der Waals surface area (Å²) >= 11 is 0. The molecule has 3 heterocycles. The number of hydrogen-bond donors (Lipinski definition) is 4. The summed E-state index contributed by atoms with van der Waals surface area (Å²) in [5, 5.41) is 28.3. The number of carboxylic acids is 2. The molecule has 0 saturated carbocycles. The fourth-order valence-electron chi connectivity index (χ4n) is 3.59. The molecule has 4 N–H and O–H groups in total. The van der Waals surface area contributed by atoms with E-state index in [-0.39, 0.29) is 29.1 Å². The predicted octanol–water partition coefficient (Wildman–Crippen LogP) is 1.30. The zero-order valence-corrected chi connectivity index (χ0v) is 19.1. The second-order valence-electron chi connectivity index (χ2n) is 7.66. The van der Waals surface area contributed by atoms with Crippen molar-refractivity contribution in [1.82, 2.24) is 30.4 Å². The minimum Gasteiger partial charge on any atom is -0.473 e. The largest absolute Gasteiger partial charge is 0.473 e. The van der Waals surface area contributed by atoms with E-state index in [0.717, 1.165) is 30.9 Å². The highest BCUT2D eigenvalue weighted by atomic mass is 19.1. The van der Waals surface area contributed by atoms with E-state index in [9.17, 15) is 18.3 Å². The topological polar surface area (TPSA) is 174 Å². The van der Waals surface area contributed by atoms with Crippen LogP contribution in [0.25, 0.3) is 11.3 Å². The van der Waals surface area contributed by atoms with Crippen LogP contribution in [0.5, 0.6) is 0 Å². The lowest BCUT2D eigenvalue weighted by molar-refractivity contribution is -0.159. The normalized spacial score (nSPS) is 14.9. The molecule has 0 spiro atoms. The van der Waals surface area contributed by atoms with E-state index >= 15 is 0 Å². The van der Waals surface area contributed by atoms with Crippen molar-refractivity contribution in [1.29, 1.82) is 0 Å². The van der Waals surface area contributed by atoms with Crippen LogP contribution in [0.15, 0.2) is 48.2 Å². The molecule has 0 fully saturated rings. The zero-order chi connectivity index (χ0) is 27.2. The predicted molar refractivity (Wildman–Crippen MR) is 120 cm³/mol. The van der Waals surface area contributed by atoms with Crippen molar-refractivity contribution in [3.8, 4) is 11.3 Å². The Morgan fingerprint density at radius 2 is 1.73 bits per heavy atom. The molecule has 0 radical (unpaired) electrons. The summed E-state index contributed by atoms with van der Waals surface area (Å²) in [5.74, 6) is -6.75. The quantitative estimate of drug-likeness (QED) is 0.346. The van der Waals surface area contributed by atoms with Gasteiger partial charge in [0.15, 0.2) is 11.6 Å². The molecule has 0 unspecified atom stereocenters. The van der Waals surface area contributed by atoms with Crippen molar-refractivity contribution in [2.24, 2.45) is 4.99 Å². The maximum Gasteiger partial charge on any atom is 0.414 e. The molecule has 1 aliphatic rings. The Labute approximate surface area is 207 Å². The Morgan fingerprint density at radius 3 is 2.30 bits per heavy atom. The molecule has 0 aliphatic carbocycles. The second-order valence-corrected chi connectivity index (χ2v) is 7.66. The molecule has 0 saturated heterocycles. The number of aromatic nitrogens is 4. The first kappa shape index (κ1) is 27.1. The van der Waals surface area contributed by atoms with Gasteiger partial charge in [-0.15, -0.1) is 0 Å². The highest BCUT2D eigenvalue weighted by Gasteiger charge is 2.43. The van der Waals surface area contributed by atoms with Crippen molar-refractivity contribution in [2.75, 3.05) is 13.2 Å². The van der Waals surface area contributed by atoms with Gasteiger partial charge < -0.3 is 15.3 Å². The van der Waals surface area contributed by atoms with Crippen molar-refractivity contribution in [3.63, 3.8) is 0 Å². The van der Waals surface area contributed by atoms with E-state index in [0.29, 0.717) is 6.67 Å². The molecule has 12 nitrogen and oxygen atoms in total. The van der Waals surface area contributed by atoms with Gasteiger partial charge >= 0.3 is 11.9 Å². The second kappa shape index (κ2) is 11.5. The van der Waals surface area contributed by atoms with Gasteiger partial charge in [0.2, 0.25) is 0 Å². The zero-order valence-electron chi connectivity index (χ0n) is 19.1. The van der Waals surface area contributed by atoms with Gasteiger partial charge in [0.1, 0.15) is 42.8 Å². The summed E-state index contributed by atoms with van der Waals surface area (Å²) in [6.45, 7) is 1.75. The molecule has 3 aromatic rings. The molecule has 2 atom stereocenters. The lowest BCUT2D eigenvalue weighted by Gasteiger charge is -2.38. The minimum absolute atomic E-state index is 0.0138. The Morgan fingerprint density at radius 1 is 1.08 bits per heavy atom. The smallest absolute Gasteiger partial charge is 0.414 e. The maximum atomic E-state index is 14.5. The van der Waals surface area contributed by atoms with Crippen LogP contribution in [0.3, 0.4) is 0 Å². The SMILES string of the molecule is C[C@@H](c1ncncc1F)[C@](O)(CN1C=NCN1)c1ccc(F)cc1-c1ncncc1F.O=C(O)C(=O)O. The summed E-state index contributed by atoms with van der Waals surface area (Å²) in [6.07, 6.45) is 5.69. The Balaban J connectivity index is 0.000000568. The maximum absolute atomic E-state index is 14.5. The van der Waals surface area contributed by atoms with Crippen LogP contribution in [0.2, 0.25) is 0 Å². The van der Waals surface area contributed by atoms with Crippen LogP contribution >= 0.6 is 0 Å². The Bertz CT molecular complexity index is 1320. The number of hydrazine groups is 1. The van der Waals surface area contributed by atoms with E-state index in [2.05, 4.69) is 30.4 Å². The minimum atomic E-state index is -1.86. The number of nitrogens with zero attached hydrogens (tertiary/aromatic N) is 6. The molecular formula is C22H20F3N7O5. The number of β-amino-alcohol motifs (C(OH)–C–C–N with tert-alkyl or cyclic N) is 1. The molecule has 15 heteroatoms. The standard InChI is InChI=1S/C20H18F3N7O.C2H2O4/c1-12(18-16(22)5-24-8-27-18)20(31,7-30-11-26-10-29-30)15-3-2-13(21)4-14(15)19-17(23)6-25-9-28-19;3-1(4)2(5)6/h2-6,8-9,11-12,29,31H,7,10H2,1H3;(H,3,4)(H,5,6)/t12-,20+;/m0./s1. The third kappa shape index (κ3) is 6.20. The molecule has 37 heavy (non-hydrogen) atoms. The summed E-state index contributed by atoms with van der Waals surface area (Å²) in [4.78, 5) is 37.4. The van der Waals surface area contributed by atoms with Crippen LogP contribution in [-0.2, 0) is 15.2 Å². The van der Waals surface area contributed by atoms with E-state index in [1.54, 1.807) is 6.92 Å². The highest BCUT2D eigenvalue weighted by Crippen LogP contribution is 2.42. The van der Waals surface area contributed by atoms with Crippen molar-refractivity contribution < 1.29 is 38.1 Å². The number of aliphatic hydroxyl groups is 1. The van der Waals surface area contributed by atoms with Gasteiger partial charge in [0, 0.05) is 11.5 Å². The van der Waals surface area contributed by atoms with Crippen molar-refractivity contribution >= 4 is 18.3 Å². The summed E-state index contributed by atoms with van der Waals surface area (Å²) in [7, 11) is 0. The van der Waals surface area contributed by atoms with Crippen LogP contribution in [-0.4, -0.2) is 71.8 Å². The first-order valence-corrected chi connectivity index (χ1v) is 10.4. The average molecular weight is 519 g/mol. The third-order valence-electron chi connectivity index (χ3n) is 5.37. The van der Waals surface area contributed by atoms with Crippen molar-refractivity contribution in [3.05, 3.63) is 72.0 Å². The number of hydrogen-bond acceptors (Lipinski definition) is 10. The summed E-state index contributed by atoms with van der Waals surface area (Å²) in [6, 6.07) is 3.53. The Kier molecular flexibility index (Phi) is 8.41. The number of benzene rings is 1. The fraction of sp³-hybridized carbons (Fsp3) is 0.227. The van der Waals surface area contributed by atoms with Gasteiger partial charge in [-0.25, -0.2) is 48.1 Å². The average Bonchev–Trinajstić information content (AvgIpc) is 3.37. The number of rotatable bonds is 6. The Hall–Kier alpha value is -4.50. The monoisotopic (exact) mass is 519 g/mol. The molecule has 1 aliphatic heterocycles. The molecule has 2 aromatic heterocycles. The highest BCUT2D eigenvalue weighted by molar-refractivity contribution is 6.27. The first-order valence-electron chi connectivity index (χ1n) is 10.4. The van der Waals surface area contributed by atoms with Gasteiger partial charge in [0.05, 0.1) is 24.6 Å².